The number of anilines is 1. The van der Waals surface area contributed by atoms with Gasteiger partial charge in [0.2, 0.25) is 0 Å². The van der Waals surface area contributed by atoms with Crippen LogP contribution >= 0.6 is 0 Å². The number of nitrogens with one attached hydrogen (secondary N) is 1. The van der Waals surface area contributed by atoms with Crippen LogP contribution in [0.25, 0.3) is 0 Å². The first-order valence-corrected chi connectivity index (χ1v) is 6.69. The van der Waals surface area contributed by atoms with Gasteiger partial charge in [0.05, 0.1) is 24.8 Å². The zero-order valence-corrected chi connectivity index (χ0v) is 11.5. The van der Waals surface area contributed by atoms with Crippen LogP contribution in [0.5, 0.6) is 0 Å². The Morgan fingerprint density at radius 1 is 1.55 bits per heavy atom. The quantitative estimate of drug-likeness (QED) is 0.890. The van der Waals surface area contributed by atoms with Gasteiger partial charge in [-0.25, -0.2) is 0 Å². The average molecular weight is 274 g/mol. The van der Waals surface area contributed by atoms with Crippen LogP contribution in [0.1, 0.15) is 18.9 Å². The number of rotatable bonds is 5. The maximum Gasteiger partial charge on any atom is 0.253 e. The Morgan fingerprint density at radius 3 is 2.90 bits per heavy atom. The molecular formula is C15H18N2O3. The normalized spacial score (nSPS) is 19.3. The Hall–Kier alpha value is -1.90. The number of amides is 1. The number of nitrogens with zero attached hydrogens (tertiary/aromatic N) is 1. The summed E-state index contributed by atoms with van der Waals surface area (Å²) in [6, 6.07) is 8.76. The van der Waals surface area contributed by atoms with Crippen molar-refractivity contribution < 1.29 is 14.3 Å². The second kappa shape index (κ2) is 7.04. The third-order valence-corrected chi connectivity index (χ3v) is 3.26. The number of carbonyl (C=O) groups excluding carboxylic acids is 1. The molecule has 1 N–H and O–H groups in total. The summed E-state index contributed by atoms with van der Waals surface area (Å²) in [6.45, 7) is 3.76. The van der Waals surface area contributed by atoms with Crippen molar-refractivity contribution in [2.45, 2.75) is 19.4 Å². The first kappa shape index (κ1) is 14.5. The fraction of sp³-hybridized carbons (Fsp3) is 0.467. The highest BCUT2D eigenvalue weighted by atomic mass is 16.5. The second-order valence-corrected chi connectivity index (χ2v) is 4.88. The van der Waals surface area contributed by atoms with Crippen LogP contribution in [0, 0.1) is 17.2 Å². The molecule has 1 amide bonds. The van der Waals surface area contributed by atoms with Crippen molar-refractivity contribution in [3.63, 3.8) is 0 Å². The molecule has 2 rings (SSSR count). The molecule has 20 heavy (non-hydrogen) atoms. The van der Waals surface area contributed by atoms with E-state index in [9.17, 15) is 4.79 Å². The highest BCUT2D eigenvalue weighted by molar-refractivity contribution is 5.93. The molecular weight excluding hydrogens is 256 g/mol. The topological polar surface area (TPSA) is 71.3 Å². The highest BCUT2D eigenvalue weighted by Crippen LogP contribution is 2.14. The van der Waals surface area contributed by atoms with E-state index in [1.165, 1.54) is 0 Å². The molecule has 106 valence electrons. The third-order valence-electron chi connectivity index (χ3n) is 3.26. The Bertz CT molecular complexity index is 487. The van der Waals surface area contributed by atoms with Gasteiger partial charge in [-0.15, -0.1) is 0 Å². The van der Waals surface area contributed by atoms with Crippen LogP contribution in [-0.4, -0.2) is 31.8 Å². The van der Waals surface area contributed by atoms with Crippen molar-refractivity contribution in [2.24, 2.45) is 5.92 Å². The van der Waals surface area contributed by atoms with Gasteiger partial charge in [0, 0.05) is 18.2 Å². The number of benzene rings is 1. The van der Waals surface area contributed by atoms with Crippen molar-refractivity contribution >= 4 is 11.6 Å². The molecule has 1 aromatic carbocycles. The fourth-order valence-electron chi connectivity index (χ4n) is 1.94. The van der Waals surface area contributed by atoms with Crippen molar-refractivity contribution in [1.29, 1.82) is 5.26 Å². The van der Waals surface area contributed by atoms with E-state index in [1.807, 2.05) is 6.07 Å². The van der Waals surface area contributed by atoms with E-state index < -0.39 is 6.10 Å². The van der Waals surface area contributed by atoms with E-state index in [0.717, 1.165) is 13.0 Å². The summed E-state index contributed by atoms with van der Waals surface area (Å²) in [6.07, 6.45) is 0.482. The minimum atomic E-state index is -0.508. The molecule has 5 heteroatoms. The third kappa shape index (κ3) is 4.05. The van der Waals surface area contributed by atoms with Gasteiger partial charge in [-0.3, -0.25) is 4.79 Å². The lowest BCUT2D eigenvalue weighted by Crippen LogP contribution is -2.29. The molecule has 2 atom stereocenters. The zero-order chi connectivity index (χ0) is 14.4. The van der Waals surface area contributed by atoms with Crippen LogP contribution in [0.4, 0.5) is 5.69 Å². The summed E-state index contributed by atoms with van der Waals surface area (Å²) >= 11 is 0. The minimum Gasteiger partial charge on any atom is -0.381 e. The van der Waals surface area contributed by atoms with Crippen LogP contribution < -0.4 is 5.32 Å². The minimum absolute atomic E-state index is 0.186. The SMILES string of the molecule is CC(OCC1CCOC1)C(=O)Nc1ccc(C#N)cc1. The molecule has 1 aliphatic rings. The van der Waals surface area contributed by atoms with Crippen molar-refractivity contribution in [2.75, 3.05) is 25.1 Å². The molecule has 0 aromatic heterocycles. The molecule has 0 aliphatic carbocycles. The summed E-state index contributed by atoms with van der Waals surface area (Å²) < 4.78 is 10.8. The molecule has 1 fully saturated rings. The van der Waals surface area contributed by atoms with E-state index in [0.29, 0.717) is 30.4 Å². The van der Waals surface area contributed by atoms with Gasteiger partial charge in [0.25, 0.3) is 5.91 Å². The number of carbonyl (C=O) groups is 1. The molecule has 1 aromatic rings. The maximum atomic E-state index is 11.9. The van der Waals surface area contributed by atoms with Crippen molar-refractivity contribution in [3.05, 3.63) is 29.8 Å². The number of hydrogen-bond acceptors (Lipinski definition) is 4. The first-order chi connectivity index (χ1) is 9.69. The van der Waals surface area contributed by atoms with Gasteiger partial charge in [-0.1, -0.05) is 0 Å². The number of ether oxygens (including phenoxy) is 2. The van der Waals surface area contributed by atoms with Gasteiger partial charge in [0.15, 0.2) is 0 Å². The predicted octanol–water partition coefficient (Wildman–Crippen LogP) is 1.94. The smallest absolute Gasteiger partial charge is 0.253 e. The number of nitriles is 1. The molecule has 1 aliphatic heterocycles. The summed E-state index contributed by atoms with van der Waals surface area (Å²) in [4.78, 5) is 11.9. The zero-order valence-electron chi connectivity index (χ0n) is 11.5. The summed E-state index contributed by atoms with van der Waals surface area (Å²) in [7, 11) is 0. The van der Waals surface area contributed by atoms with Gasteiger partial charge in [-0.05, 0) is 37.6 Å². The summed E-state index contributed by atoms with van der Waals surface area (Å²) in [5, 5.41) is 11.5. The molecule has 0 spiro atoms. The van der Waals surface area contributed by atoms with Gasteiger partial charge in [0.1, 0.15) is 6.10 Å². The van der Waals surface area contributed by atoms with E-state index in [1.54, 1.807) is 31.2 Å². The lowest BCUT2D eigenvalue weighted by Gasteiger charge is -2.15. The Labute approximate surface area is 118 Å². The van der Waals surface area contributed by atoms with Crippen LogP contribution in [-0.2, 0) is 14.3 Å². The van der Waals surface area contributed by atoms with Gasteiger partial charge >= 0.3 is 0 Å². The monoisotopic (exact) mass is 274 g/mol. The fourth-order valence-corrected chi connectivity index (χ4v) is 1.94. The Kier molecular flexibility index (Phi) is 5.10. The second-order valence-electron chi connectivity index (χ2n) is 4.88. The molecule has 0 radical (unpaired) electrons. The molecule has 5 nitrogen and oxygen atoms in total. The maximum absolute atomic E-state index is 11.9. The standard InChI is InChI=1S/C15H18N2O3/c1-11(20-10-13-6-7-19-9-13)15(18)17-14-4-2-12(8-16)3-5-14/h2-5,11,13H,6-7,9-10H2,1H3,(H,17,18). The Balaban J connectivity index is 1.79. The first-order valence-electron chi connectivity index (χ1n) is 6.69. The van der Waals surface area contributed by atoms with Crippen molar-refractivity contribution in [3.8, 4) is 6.07 Å². The average Bonchev–Trinajstić information content (AvgIpc) is 2.98. The van der Waals surface area contributed by atoms with Crippen molar-refractivity contribution in [1.82, 2.24) is 0 Å². The summed E-state index contributed by atoms with van der Waals surface area (Å²) in [5.74, 6) is 0.203. The van der Waals surface area contributed by atoms with E-state index >= 15 is 0 Å². The van der Waals surface area contributed by atoms with E-state index in [2.05, 4.69) is 5.32 Å². The lowest BCUT2D eigenvalue weighted by atomic mass is 10.1. The Morgan fingerprint density at radius 2 is 2.30 bits per heavy atom. The van der Waals surface area contributed by atoms with E-state index in [-0.39, 0.29) is 5.91 Å². The van der Waals surface area contributed by atoms with E-state index in [4.69, 9.17) is 14.7 Å². The molecule has 1 saturated heterocycles. The lowest BCUT2D eigenvalue weighted by molar-refractivity contribution is -0.127. The van der Waals surface area contributed by atoms with Crippen LogP contribution in [0.15, 0.2) is 24.3 Å². The largest absolute Gasteiger partial charge is 0.381 e. The predicted molar refractivity (Wildman–Crippen MR) is 74.1 cm³/mol. The molecule has 0 bridgehead atoms. The molecule has 0 saturated carbocycles. The number of hydrogen-bond donors (Lipinski definition) is 1. The highest BCUT2D eigenvalue weighted by Gasteiger charge is 2.19. The van der Waals surface area contributed by atoms with Gasteiger partial charge < -0.3 is 14.8 Å². The van der Waals surface area contributed by atoms with Crippen LogP contribution in [0.3, 0.4) is 0 Å². The van der Waals surface area contributed by atoms with Crippen LogP contribution in [0.2, 0.25) is 0 Å². The summed E-state index contributed by atoms with van der Waals surface area (Å²) in [5.41, 5.74) is 1.22. The van der Waals surface area contributed by atoms with Gasteiger partial charge in [-0.2, -0.15) is 5.26 Å². The molecule has 2 unspecified atom stereocenters. The molecule has 1 heterocycles.